The molecule has 7 heteroatoms. The summed E-state index contributed by atoms with van der Waals surface area (Å²) < 4.78 is 21.9. The number of hydrogen-bond acceptors (Lipinski definition) is 6. The van der Waals surface area contributed by atoms with Crippen molar-refractivity contribution < 1.29 is 23.1 Å². The molecule has 184 valence electrons. The molecule has 0 aliphatic heterocycles. The Kier molecular flexibility index (Phi) is 6.61. The molecule has 0 fully saturated rings. The van der Waals surface area contributed by atoms with Gasteiger partial charge in [0.05, 0.1) is 20.5 Å². The number of furan rings is 1. The number of amides is 1. The summed E-state index contributed by atoms with van der Waals surface area (Å²) in [5.74, 6) is 1.08. The van der Waals surface area contributed by atoms with Gasteiger partial charge in [-0.3, -0.25) is 4.79 Å². The topological polar surface area (TPSA) is 90.9 Å². The van der Waals surface area contributed by atoms with Gasteiger partial charge >= 0.3 is 5.63 Å². The van der Waals surface area contributed by atoms with Gasteiger partial charge in [-0.05, 0) is 48.1 Å². The molecule has 0 saturated carbocycles. The Balaban J connectivity index is 1.52. The van der Waals surface area contributed by atoms with E-state index in [1.165, 1.54) is 0 Å². The number of nitrogens with one attached hydrogen (secondary N) is 1. The van der Waals surface area contributed by atoms with E-state index in [0.717, 1.165) is 27.5 Å². The Labute approximate surface area is 204 Å². The molecule has 2 aromatic carbocycles. The minimum absolute atomic E-state index is 0.0860. The molecular formula is C28H31NO6. The van der Waals surface area contributed by atoms with E-state index in [-0.39, 0.29) is 24.2 Å². The lowest BCUT2D eigenvalue weighted by atomic mass is 9.86. The molecule has 1 amide bonds. The highest BCUT2D eigenvalue weighted by Crippen LogP contribution is 2.35. The number of hydrogen-bond donors (Lipinski definition) is 1. The molecule has 0 aliphatic rings. The fraction of sp³-hybridized carbons (Fsp3) is 0.357. The molecule has 35 heavy (non-hydrogen) atoms. The quantitative estimate of drug-likeness (QED) is 0.358. The van der Waals surface area contributed by atoms with E-state index in [9.17, 15) is 9.59 Å². The minimum atomic E-state index is -0.426. The van der Waals surface area contributed by atoms with Gasteiger partial charge in [0.1, 0.15) is 11.2 Å². The lowest BCUT2D eigenvalue weighted by Crippen LogP contribution is -2.24. The van der Waals surface area contributed by atoms with E-state index in [1.807, 2.05) is 25.1 Å². The average Bonchev–Trinajstić information content (AvgIpc) is 3.24. The second kappa shape index (κ2) is 9.49. The first-order valence-electron chi connectivity index (χ1n) is 11.6. The molecule has 2 heterocycles. The van der Waals surface area contributed by atoms with Crippen molar-refractivity contribution in [3.8, 4) is 11.5 Å². The van der Waals surface area contributed by atoms with Crippen molar-refractivity contribution >= 4 is 27.8 Å². The van der Waals surface area contributed by atoms with Crippen molar-refractivity contribution in [2.45, 2.75) is 52.5 Å². The van der Waals surface area contributed by atoms with Crippen LogP contribution in [0.25, 0.3) is 21.9 Å². The van der Waals surface area contributed by atoms with Gasteiger partial charge in [0.15, 0.2) is 11.5 Å². The van der Waals surface area contributed by atoms with E-state index >= 15 is 0 Å². The highest BCUT2D eigenvalue weighted by Gasteiger charge is 2.22. The first-order valence-corrected chi connectivity index (χ1v) is 11.6. The molecule has 1 N–H and O–H groups in total. The second-order valence-electron chi connectivity index (χ2n) is 9.70. The summed E-state index contributed by atoms with van der Waals surface area (Å²) >= 11 is 0. The van der Waals surface area contributed by atoms with E-state index < -0.39 is 5.63 Å². The van der Waals surface area contributed by atoms with Gasteiger partial charge < -0.3 is 23.6 Å². The third-order valence-corrected chi connectivity index (χ3v) is 6.33. The number of carbonyl (C=O) groups excluding carboxylic acids is 1. The summed E-state index contributed by atoms with van der Waals surface area (Å²) in [6, 6.07) is 9.28. The van der Waals surface area contributed by atoms with Crippen LogP contribution in [0.15, 0.2) is 50.2 Å². The van der Waals surface area contributed by atoms with Gasteiger partial charge in [-0.1, -0.05) is 26.8 Å². The monoisotopic (exact) mass is 477 g/mol. The number of ether oxygens (including phenoxy) is 2. The third-order valence-electron chi connectivity index (χ3n) is 6.33. The Morgan fingerprint density at radius 1 is 1.00 bits per heavy atom. The van der Waals surface area contributed by atoms with Crippen molar-refractivity contribution in [2.75, 3.05) is 14.2 Å². The summed E-state index contributed by atoms with van der Waals surface area (Å²) in [7, 11) is 3.14. The van der Waals surface area contributed by atoms with Crippen LogP contribution in [-0.2, 0) is 23.2 Å². The maximum Gasteiger partial charge on any atom is 0.339 e. The molecule has 0 bridgehead atoms. The van der Waals surface area contributed by atoms with Crippen LogP contribution >= 0.6 is 0 Å². The van der Waals surface area contributed by atoms with E-state index in [0.29, 0.717) is 34.8 Å². The average molecular weight is 478 g/mol. The second-order valence-corrected chi connectivity index (χ2v) is 9.70. The SMILES string of the molecule is COc1ccc(CNC(=O)CCc2c(C)c3cc4c(C(C)(C)C)coc4cc3oc2=O)cc1OC. The summed E-state index contributed by atoms with van der Waals surface area (Å²) in [5, 5.41) is 4.75. The predicted molar refractivity (Wildman–Crippen MR) is 135 cm³/mol. The summed E-state index contributed by atoms with van der Waals surface area (Å²) in [4.78, 5) is 25.3. The standard InChI is InChI=1S/C28H31NO6/c1-16-18(8-10-26(30)29-14-17-7-9-22(32-5)25(11-17)33-6)27(31)35-24-13-23-20(12-19(16)24)21(15-34-23)28(2,3)4/h7,9,11-13,15H,8,10,14H2,1-6H3,(H,29,30). The molecule has 0 aliphatic carbocycles. The first-order chi connectivity index (χ1) is 16.6. The maximum atomic E-state index is 12.7. The largest absolute Gasteiger partial charge is 0.493 e. The van der Waals surface area contributed by atoms with Gasteiger partial charge in [0, 0.05) is 40.9 Å². The van der Waals surface area contributed by atoms with Crippen molar-refractivity contribution in [3.63, 3.8) is 0 Å². The zero-order valence-electron chi connectivity index (χ0n) is 21.0. The molecule has 4 aromatic rings. The Bertz CT molecular complexity index is 1450. The summed E-state index contributed by atoms with van der Waals surface area (Å²) in [6.07, 6.45) is 2.23. The van der Waals surface area contributed by atoms with E-state index in [2.05, 4.69) is 26.1 Å². The Morgan fingerprint density at radius 2 is 1.74 bits per heavy atom. The number of aryl methyl sites for hydroxylation is 1. The normalized spacial score (nSPS) is 11.7. The molecule has 2 aromatic heterocycles. The molecule has 0 saturated heterocycles. The molecule has 0 unspecified atom stereocenters. The Hall–Kier alpha value is -3.74. The van der Waals surface area contributed by atoms with Crippen molar-refractivity contribution in [3.05, 3.63) is 69.3 Å². The lowest BCUT2D eigenvalue weighted by Gasteiger charge is -2.16. The van der Waals surface area contributed by atoms with Crippen molar-refractivity contribution in [1.82, 2.24) is 5.32 Å². The van der Waals surface area contributed by atoms with Gasteiger partial charge in [0.2, 0.25) is 5.91 Å². The lowest BCUT2D eigenvalue weighted by molar-refractivity contribution is -0.121. The fourth-order valence-electron chi connectivity index (χ4n) is 4.30. The van der Waals surface area contributed by atoms with Crippen LogP contribution in [0, 0.1) is 6.92 Å². The molecule has 0 atom stereocenters. The number of methoxy groups -OCH3 is 2. The molecule has 0 spiro atoms. The van der Waals surface area contributed by atoms with Gasteiger partial charge in [0.25, 0.3) is 0 Å². The van der Waals surface area contributed by atoms with Crippen LogP contribution in [-0.4, -0.2) is 20.1 Å². The van der Waals surface area contributed by atoms with Crippen molar-refractivity contribution in [1.29, 1.82) is 0 Å². The van der Waals surface area contributed by atoms with Crippen LogP contribution < -0.4 is 20.4 Å². The Morgan fingerprint density at radius 3 is 2.43 bits per heavy atom. The van der Waals surface area contributed by atoms with Crippen LogP contribution in [0.5, 0.6) is 11.5 Å². The predicted octanol–water partition coefficient (Wildman–Crippen LogP) is 5.41. The van der Waals surface area contributed by atoms with Crippen LogP contribution in [0.2, 0.25) is 0 Å². The third kappa shape index (κ3) is 4.90. The molecular weight excluding hydrogens is 446 g/mol. The molecule has 7 nitrogen and oxygen atoms in total. The van der Waals surface area contributed by atoms with Crippen LogP contribution in [0.3, 0.4) is 0 Å². The summed E-state index contributed by atoms with van der Waals surface area (Å²) in [5.41, 5.74) is 3.98. The molecule has 0 radical (unpaired) electrons. The van der Waals surface area contributed by atoms with Gasteiger partial charge in [-0.25, -0.2) is 4.79 Å². The van der Waals surface area contributed by atoms with Crippen LogP contribution in [0.1, 0.15) is 49.4 Å². The summed E-state index contributed by atoms with van der Waals surface area (Å²) in [6.45, 7) is 8.64. The van der Waals surface area contributed by atoms with E-state index in [1.54, 1.807) is 32.6 Å². The number of carbonyl (C=O) groups is 1. The number of rotatable bonds is 7. The number of fused-ring (bicyclic) bond motifs is 2. The highest BCUT2D eigenvalue weighted by molar-refractivity contribution is 5.96. The number of benzene rings is 2. The highest BCUT2D eigenvalue weighted by atomic mass is 16.5. The molecule has 4 rings (SSSR count). The zero-order chi connectivity index (χ0) is 25.3. The van der Waals surface area contributed by atoms with E-state index in [4.69, 9.17) is 18.3 Å². The van der Waals surface area contributed by atoms with Crippen molar-refractivity contribution in [2.24, 2.45) is 0 Å². The maximum absolute atomic E-state index is 12.7. The fourth-order valence-corrected chi connectivity index (χ4v) is 4.30. The first kappa shape index (κ1) is 24.4. The van der Waals surface area contributed by atoms with Gasteiger partial charge in [-0.15, -0.1) is 0 Å². The zero-order valence-corrected chi connectivity index (χ0v) is 21.0. The van der Waals surface area contributed by atoms with Crippen LogP contribution in [0.4, 0.5) is 0 Å². The van der Waals surface area contributed by atoms with Gasteiger partial charge in [-0.2, -0.15) is 0 Å². The smallest absolute Gasteiger partial charge is 0.339 e. The minimum Gasteiger partial charge on any atom is -0.493 e.